The zero-order chi connectivity index (χ0) is 12.3. The van der Waals surface area contributed by atoms with Crippen molar-refractivity contribution < 1.29 is 4.79 Å². The summed E-state index contributed by atoms with van der Waals surface area (Å²) in [5, 5.41) is 3.40. The number of hydrogen-bond donors (Lipinski definition) is 1. The maximum absolute atomic E-state index is 12.1. The molecule has 0 saturated carbocycles. The van der Waals surface area contributed by atoms with Crippen LogP contribution in [0.4, 0.5) is 0 Å². The van der Waals surface area contributed by atoms with Gasteiger partial charge >= 0.3 is 0 Å². The van der Waals surface area contributed by atoms with Crippen LogP contribution < -0.4 is 5.32 Å². The minimum Gasteiger partial charge on any atom is -0.342 e. The maximum atomic E-state index is 12.1. The van der Waals surface area contributed by atoms with Crippen molar-refractivity contribution in [2.75, 3.05) is 26.2 Å². The fourth-order valence-electron chi connectivity index (χ4n) is 3.30. The van der Waals surface area contributed by atoms with Gasteiger partial charge in [-0.1, -0.05) is 26.7 Å². The molecule has 0 radical (unpaired) electrons. The van der Waals surface area contributed by atoms with Gasteiger partial charge in [0.25, 0.3) is 0 Å². The highest BCUT2D eigenvalue weighted by Crippen LogP contribution is 2.39. The standard InChI is InChI=1S/C14H26N2O/c1-3-12(4-2)10-16-11-14(9-13(16)17)5-7-15-8-6-14/h12,15H,3-11H2,1-2H3. The lowest BCUT2D eigenvalue weighted by molar-refractivity contribution is -0.128. The molecule has 0 unspecified atom stereocenters. The minimum atomic E-state index is 0.314. The Morgan fingerprint density at radius 1 is 1.29 bits per heavy atom. The Hall–Kier alpha value is -0.570. The first-order valence-corrected chi connectivity index (χ1v) is 7.17. The van der Waals surface area contributed by atoms with Crippen molar-refractivity contribution in [1.29, 1.82) is 0 Å². The van der Waals surface area contributed by atoms with Gasteiger partial charge in [0.1, 0.15) is 0 Å². The van der Waals surface area contributed by atoms with E-state index in [1.165, 1.54) is 25.7 Å². The van der Waals surface area contributed by atoms with Gasteiger partial charge < -0.3 is 10.2 Å². The molecule has 2 aliphatic rings. The van der Waals surface area contributed by atoms with Gasteiger partial charge in [0.15, 0.2) is 0 Å². The third-order valence-electron chi connectivity index (χ3n) is 4.70. The Morgan fingerprint density at radius 2 is 1.94 bits per heavy atom. The Morgan fingerprint density at radius 3 is 2.53 bits per heavy atom. The molecule has 1 N–H and O–H groups in total. The third kappa shape index (κ3) is 2.82. The number of piperidine rings is 1. The van der Waals surface area contributed by atoms with Crippen molar-refractivity contribution in [2.45, 2.75) is 46.0 Å². The number of likely N-dealkylation sites (tertiary alicyclic amines) is 1. The first kappa shape index (κ1) is 12.9. The first-order valence-electron chi connectivity index (χ1n) is 7.17. The molecule has 0 aromatic carbocycles. The Labute approximate surface area is 105 Å². The van der Waals surface area contributed by atoms with Gasteiger partial charge in [0.2, 0.25) is 5.91 Å². The van der Waals surface area contributed by atoms with Crippen molar-refractivity contribution in [3.8, 4) is 0 Å². The Balaban J connectivity index is 1.94. The molecule has 2 saturated heterocycles. The van der Waals surface area contributed by atoms with Crippen LogP contribution in [0, 0.1) is 11.3 Å². The molecule has 0 atom stereocenters. The van der Waals surface area contributed by atoms with E-state index in [1.807, 2.05) is 0 Å². The van der Waals surface area contributed by atoms with E-state index in [0.29, 0.717) is 17.2 Å². The average Bonchev–Trinajstić information content (AvgIpc) is 2.63. The van der Waals surface area contributed by atoms with Crippen LogP contribution in [-0.4, -0.2) is 37.0 Å². The van der Waals surface area contributed by atoms with Gasteiger partial charge in [0.05, 0.1) is 0 Å². The Kier molecular flexibility index (Phi) is 4.08. The molecular formula is C14H26N2O. The topological polar surface area (TPSA) is 32.3 Å². The van der Waals surface area contributed by atoms with E-state index in [-0.39, 0.29) is 0 Å². The van der Waals surface area contributed by atoms with Crippen LogP contribution in [0.2, 0.25) is 0 Å². The quantitative estimate of drug-likeness (QED) is 0.812. The highest BCUT2D eigenvalue weighted by atomic mass is 16.2. The van der Waals surface area contributed by atoms with Crippen molar-refractivity contribution in [3.05, 3.63) is 0 Å². The molecule has 0 aromatic rings. The molecule has 1 amide bonds. The largest absolute Gasteiger partial charge is 0.342 e. The molecule has 2 rings (SSSR count). The molecule has 2 heterocycles. The van der Waals surface area contributed by atoms with Crippen molar-refractivity contribution in [3.63, 3.8) is 0 Å². The number of nitrogens with zero attached hydrogens (tertiary/aromatic N) is 1. The summed E-state index contributed by atoms with van der Waals surface area (Å²) < 4.78 is 0. The van der Waals surface area contributed by atoms with Crippen molar-refractivity contribution >= 4 is 5.91 Å². The smallest absolute Gasteiger partial charge is 0.223 e. The Bertz CT molecular complexity index is 267. The number of hydrogen-bond acceptors (Lipinski definition) is 2. The van der Waals surface area contributed by atoms with Crippen LogP contribution in [0.25, 0.3) is 0 Å². The summed E-state index contributed by atoms with van der Waals surface area (Å²) in [5.74, 6) is 1.09. The summed E-state index contributed by atoms with van der Waals surface area (Å²) >= 11 is 0. The predicted molar refractivity (Wildman–Crippen MR) is 69.8 cm³/mol. The molecule has 3 nitrogen and oxygen atoms in total. The number of carbonyl (C=O) groups excluding carboxylic acids is 1. The van der Waals surface area contributed by atoms with Gasteiger partial charge in [-0.25, -0.2) is 0 Å². The van der Waals surface area contributed by atoms with Gasteiger partial charge in [-0.3, -0.25) is 4.79 Å². The molecule has 17 heavy (non-hydrogen) atoms. The van der Waals surface area contributed by atoms with E-state index >= 15 is 0 Å². The zero-order valence-electron chi connectivity index (χ0n) is 11.3. The van der Waals surface area contributed by atoms with Crippen molar-refractivity contribution in [2.24, 2.45) is 11.3 Å². The predicted octanol–water partition coefficient (Wildman–Crippen LogP) is 2.02. The molecule has 98 valence electrons. The van der Waals surface area contributed by atoms with Crippen LogP contribution in [-0.2, 0) is 4.79 Å². The average molecular weight is 238 g/mol. The maximum Gasteiger partial charge on any atom is 0.223 e. The lowest BCUT2D eigenvalue weighted by Gasteiger charge is -2.33. The van der Waals surface area contributed by atoms with Crippen LogP contribution in [0.3, 0.4) is 0 Å². The second-order valence-corrected chi connectivity index (χ2v) is 5.88. The minimum absolute atomic E-state index is 0.314. The summed E-state index contributed by atoms with van der Waals surface area (Å²) in [4.78, 5) is 14.3. The van der Waals surface area contributed by atoms with Crippen LogP contribution in [0.15, 0.2) is 0 Å². The van der Waals surface area contributed by atoms with Gasteiger partial charge in [-0.05, 0) is 37.3 Å². The molecular weight excluding hydrogens is 212 g/mol. The van der Waals surface area contributed by atoms with Crippen LogP contribution in [0.5, 0.6) is 0 Å². The monoisotopic (exact) mass is 238 g/mol. The summed E-state index contributed by atoms with van der Waals surface area (Å²) in [7, 11) is 0. The number of nitrogens with one attached hydrogen (secondary N) is 1. The molecule has 2 fully saturated rings. The van der Waals surface area contributed by atoms with Crippen molar-refractivity contribution in [1.82, 2.24) is 10.2 Å². The second kappa shape index (κ2) is 5.38. The molecule has 0 aromatic heterocycles. The molecule has 3 heteroatoms. The molecule has 1 spiro atoms. The third-order valence-corrected chi connectivity index (χ3v) is 4.70. The zero-order valence-corrected chi connectivity index (χ0v) is 11.3. The van der Waals surface area contributed by atoms with E-state index in [0.717, 1.165) is 32.6 Å². The molecule has 0 aliphatic carbocycles. The van der Waals surface area contributed by atoms with Gasteiger partial charge in [-0.2, -0.15) is 0 Å². The lowest BCUT2D eigenvalue weighted by atomic mass is 9.78. The molecule has 2 aliphatic heterocycles. The summed E-state index contributed by atoms with van der Waals surface area (Å²) in [6, 6.07) is 0. The second-order valence-electron chi connectivity index (χ2n) is 5.88. The van der Waals surface area contributed by atoms with Crippen LogP contribution >= 0.6 is 0 Å². The number of amides is 1. The van der Waals surface area contributed by atoms with E-state index in [9.17, 15) is 4.79 Å². The van der Waals surface area contributed by atoms with E-state index in [4.69, 9.17) is 0 Å². The highest BCUT2D eigenvalue weighted by Gasteiger charge is 2.43. The summed E-state index contributed by atoms with van der Waals surface area (Å²) in [5.41, 5.74) is 0.314. The number of carbonyl (C=O) groups is 1. The highest BCUT2D eigenvalue weighted by molar-refractivity contribution is 5.79. The lowest BCUT2D eigenvalue weighted by Crippen LogP contribution is -2.39. The number of rotatable bonds is 4. The van der Waals surface area contributed by atoms with Gasteiger partial charge in [0, 0.05) is 19.5 Å². The van der Waals surface area contributed by atoms with E-state index in [1.54, 1.807) is 0 Å². The summed E-state index contributed by atoms with van der Waals surface area (Å²) in [6.45, 7) is 8.65. The first-order chi connectivity index (χ1) is 8.19. The molecule has 0 bridgehead atoms. The van der Waals surface area contributed by atoms with E-state index in [2.05, 4.69) is 24.1 Å². The van der Waals surface area contributed by atoms with Gasteiger partial charge in [-0.15, -0.1) is 0 Å². The van der Waals surface area contributed by atoms with E-state index < -0.39 is 0 Å². The fraction of sp³-hybridized carbons (Fsp3) is 0.929. The summed E-state index contributed by atoms with van der Waals surface area (Å²) in [6.07, 6.45) is 5.54. The normalized spacial score (nSPS) is 23.9. The van der Waals surface area contributed by atoms with Crippen LogP contribution in [0.1, 0.15) is 46.0 Å². The fourth-order valence-corrected chi connectivity index (χ4v) is 3.30. The SMILES string of the molecule is CCC(CC)CN1CC2(CCNCC2)CC1=O.